The number of amidine groups is 2. The summed E-state index contributed by atoms with van der Waals surface area (Å²) in [5, 5.41) is 9.25. The lowest BCUT2D eigenvalue weighted by molar-refractivity contribution is 0.668. The van der Waals surface area contributed by atoms with Crippen LogP contribution >= 0.6 is 11.3 Å². The topological polar surface area (TPSA) is 73.7 Å². The minimum atomic E-state index is 0.324. The van der Waals surface area contributed by atoms with Gasteiger partial charge in [0.2, 0.25) is 0 Å². The van der Waals surface area contributed by atoms with Gasteiger partial charge in [0, 0.05) is 64.6 Å². The predicted molar refractivity (Wildman–Crippen MR) is 298 cm³/mol. The highest BCUT2D eigenvalue weighted by Crippen LogP contribution is 2.45. The molecule has 0 spiro atoms. The van der Waals surface area contributed by atoms with Gasteiger partial charge in [0.25, 0.3) is 0 Å². The summed E-state index contributed by atoms with van der Waals surface area (Å²) < 4.78 is 13.8. The van der Waals surface area contributed by atoms with E-state index < -0.39 is 0 Å². The summed E-state index contributed by atoms with van der Waals surface area (Å²) >= 11 is 1.85. The van der Waals surface area contributed by atoms with Crippen LogP contribution in [-0.4, -0.2) is 20.8 Å². The van der Waals surface area contributed by atoms with E-state index in [1.165, 1.54) is 53.2 Å². The van der Waals surface area contributed by atoms with E-state index in [0.29, 0.717) is 23.8 Å². The number of hydrogen-bond acceptors (Lipinski definition) is 3. The summed E-state index contributed by atoms with van der Waals surface area (Å²) in [4.78, 5) is 10.2. The molecule has 0 aliphatic heterocycles. The van der Waals surface area contributed by atoms with E-state index in [-0.39, 0.29) is 0 Å². The molecule has 0 aliphatic rings. The zero-order chi connectivity index (χ0) is 46.9. The van der Waals surface area contributed by atoms with Gasteiger partial charge in [-0.1, -0.05) is 147 Å². The second-order valence-corrected chi connectivity index (χ2v) is 18.6. The van der Waals surface area contributed by atoms with Crippen molar-refractivity contribution < 1.29 is 4.42 Å². The van der Waals surface area contributed by atoms with Crippen molar-refractivity contribution in [1.29, 1.82) is 0 Å². The summed E-state index contributed by atoms with van der Waals surface area (Å²) in [7, 11) is 0. The van der Waals surface area contributed by atoms with E-state index in [9.17, 15) is 0 Å². The lowest BCUT2D eigenvalue weighted by Gasteiger charge is -2.10. The van der Waals surface area contributed by atoms with Crippen LogP contribution < -0.4 is 5.73 Å². The molecule has 0 aliphatic carbocycles. The molecule has 0 atom stereocenters. The lowest BCUT2D eigenvalue weighted by atomic mass is 9.97. The molecule has 70 heavy (non-hydrogen) atoms. The van der Waals surface area contributed by atoms with Crippen LogP contribution in [0.4, 0.5) is 0 Å². The number of fused-ring (bicyclic) bond motifs is 12. The Morgan fingerprint density at radius 3 is 2.00 bits per heavy atom. The zero-order valence-electron chi connectivity index (χ0n) is 38.0. The molecule has 0 amide bonds. The molecule has 332 valence electrons. The molecule has 0 fully saturated rings. The van der Waals surface area contributed by atoms with Gasteiger partial charge in [0.15, 0.2) is 5.84 Å². The van der Waals surface area contributed by atoms with Crippen LogP contribution in [0.1, 0.15) is 11.1 Å². The standard InChI is InChI=1S/C63H43N5OS/c1-3-17-39(4-2)63(66-62(64)41-32-34-54-49(37-41)47-23-10-11-26-51(47)67(54)43-19-6-5-7-20-43)65-38-42-18-14-30-57-59(42)50-36-40(33-35-56(50)69-57)44-24-16-31-58-60(44)48-25-15-29-55(61(48)70-58)68-52-27-12-8-21-45(52)46-22-9-13-28-53(46)68/h3-37H,1-2,38H2,(H2,64,65,66)/b39-17+. The fourth-order valence-electron chi connectivity index (χ4n) is 10.5. The van der Waals surface area contributed by atoms with E-state index >= 15 is 0 Å². The second-order valence-electron chi connectivity index (χ2n) is 17.5. The molecule has 4 aromatic heterocycles. The van der Waals surface area contributed by atoms with Gasteiger partial charge >= 0.3 is 0 Å². The summed E-state index contributed by atoms with van der Waals surface area (Å²) in [5.41, 5.74) is 20.2. The Kier molecular flexibility index (Phi) is 9.78. The van der Waals surface area contributed by atoms with Crippen molar-refractivity contribution in [3.8, 4) is 22.5 Å². The number of thiophene rings is 1. The number of aliphatic imine (C=N–C) groups is 2. The van der Waals surface area contributed by atoms with Gasteiger partial charge in [0.05, 0.1) is 39.0 Å². The Hall–Kier alpha value is -9.04. The molecule has 0 saturated carbocycles. The molecule has 0 saturated heterocycles. The van der Waals surface area contributed by atoms with E-state index in [1.807, 2.05) is 41.7 Å². The maximum Gasteiger partial charge on any atom is 0.157 e. The van der Waals surface area contributed by atoms with E-state index in [0.717, 1.165) is 66.1 Å². The van der Waals surface area contributed by atoms with Gasteiger partial charge in [-0.25, -0.2) is 4.99 Å². The van der Waals surface area contributed by atoms with Crippen LogP contribution in [0.3, 0.4) is 0 Å². The summed E-state index contributed by atoms with van der Waals surface area (Å²) in [5.74, 6) is 0.809. The first-order valence-corrected chi connectivity index (χ1v) is 24.2. The Labute approximate surface area is 407 Å². The Morgan fingerprint density at radius 2 is 1.24 bits per heavy atom. The highest BCUT2D eigenvalue weighted by molar-refractivity contribution is 7.26. The van der Waals surface area contributed by atoms with Crippen molar-refractivity contribution in [2.75, 3.05) is 0 Å². The highest BCUT2D eigenvalue weighted by Gasteiger charge is 2.20. The minimum Gasteiger partial charge on any atom is -0.456 e. The second kappa shape index (κ2) is 16.6. The van der Waals surface area contributed by atoms with Crippen molar-refractivity contribution in [1.82, 2.24) is 9.13 Å². The van der Waals surface area contributed by atoms with E-state index in [4.69, 9.17) is 20.1 Å². The maximum absolute atomic E-state index is 6.93. The van der Waals surface area contributed by atoms with Crippen molar-refractivity contribution in [3.05, 3.63) is 242 Å². The van der Waals surface area contributed by atoms with Crippen molar-refractivity contribution in [2.24, 2.45) is 15.7 Å². The highest BCUT2D eigenvalue weighted by atomic mass is 32.1. The summed E-state index contributed by atoms with van der Waals surface area (Å²) in [6, 6.07) is 68.7. The van der Waals surface area contributed by atoms with Crippen LogP contribution in [0.2, 0.25) is 0 Å². The minimum absolute atomic E-state index is 0.324. The average Bonchev–Trinajstić information content (AvgIpc) is 4.17. The third-order valence-corrected chi connectivity index (χ3v) is 14.8. The van der Waals surface area contributed by atoms with Crippen LogP contribution in [0.15, 0.2) is 245 Å². The number of allylic oxidation sites excluding steroid dienone is 2. The quantitative estimate of drug-likeness (QED) is 0.0890. The first-order chi connectivity index (χ1) is 34.6. The molecule has 7 heteroatoms. The maximum atomic E-state index is 6.93. The van der Waals surface area contributed by atoms with E-state index in [1.54, 1.807) is 12.2 Å². The average molecular weight is 918 g/mol. The number of nitrogens with zero attached hydrogens (tertiary/aromatic N) is 4. The van der Waals surface area contributed by atoms with Gasteiger partial charge in [-0.15, -0.1) is 11.3 Å². The van der Waals surface area contributed by atoms with Crippen molar-refractivity contribution in [2.45, 2.75) is 6.54 Å². The fraction of sp³-hybridized carbons (Fsp3) is 0.0159. The van der Waals surface area contributed by atoms with Gasteiger partial charge in [0.1, 0.15) is 17.0 Å². The first-order valence-electron chi connectivity index (χ1n) is 23.4. The molecule has 13 rings (SSSR count). The van der Waals surface area contributed by atoms with Crippen LogP contribution in [-0.2, 0) is 6.54 Å². The molecule has 4 heterocycles. The number of para-hydroxylation sites is 4. The molecule has 0 bridgehead atoms. The van der Waals surface area contributed by atoms with E-state index in [2.05, 4.69) is 192 Å². The molecule has 0 radical (unpaired) electrons. The molecule has 2 N–H and O–H groups in total. The van der Waals surface area contributed by atoms with Crippen LogP contribution in [0.5, 0.6) is 0 Å². The first kappa shape index (κ1) is 41.2. The predicted octanol–water partition coefficient (Wildman–Crippen LogP) is 16.4. The van der Waals surface area contributed by atoms with Crippen LogP contribution in [0, 0.1) is 0 Å². The van der Waals surface area contributed by atoms with Gasteiger partial charge < -0.3 is 19.3 Å². The number of benzene rings is 9. The summed E-state index contributed by atoms with van der Waals surface area (Å²) in [6.07, 6.45) is 5.33. The van der Waals surface area contributed by atoms with Gasteiger partial charge in [-0.05, 0) is 95.6 Å². The normalized spacial score (nSPS) is 12.8. The Bertz CT molecular complexity index is 4330. The number of hydrogen-bond donors (Lipinski definition) is 1. The third kappa shape index (κ3) is 6.55. The molecular weight excluding hydrogens is 875 g/mol. The van der Waals surface area contributed by atoms with Crippen molar-refractivity contribution >= 4 is 109 Å². The fourth-order valence-corrected chi connectivity index (χ4v) is 11.7. The smallest absolute Gasteiger partial charge is 0.157 e. The molecule has 13 aromatic rings. The Morgan fingerprint density at radius 1 is 0.571 bits per heavy atom. The van der Waals surface area contributed by atoms with Gasteiger partial charge in [-0.3, -0.25) is 4.99 Å². The molecule has 6 nitrogen and oxygen atoms in total. The number of rotatable bonds is 9. The van der Waals surface area contributed by atoms with Crippen molar-refractivity contribution in [3.63, 3.8) is 0 Å². The number of aromatic nitrogens is 2. The SMILES string of the molecule is C=C/C=C(\C=C)C(=NCc1cccc2oc3ccc(-c4cccc5sc6c(-n7c8ccccc8c8ccccc87)cccc6c45)cc3c12)N=C(N)c1ccc2c(c1)c1ccccc1n2-c1ccccc1. The summed E-state index contributed by atoms with van der Waals surface area (Å²) in [6.45, 7) is 8.41. The number of furan rings is 1. The molecule has 0 unspecified atom stereocenters. The Balaban J connectivity index is 0.905. The third-order valence-electron chi connectivity index (χ3n) is 13.6. The van der Waals surface area contributed by atoms with Gasteiger partial charge in [-0.2, -0.15) is 0 Å². The largest absolute Gasteiger partial charge is 0.456 e. The monoisotopic (exact) mass is 917 g/mol. The molecular formula is C63H43N5OS. The van der Waals surface area contributed by atoms with Crippen LogP contribution in [0.25, 0.3) is 108 Å². The molecule has 9 aromatic carbocycles. The lowest BCUT2D eigenvalue weighted by Crippen LogP contribution is -2.16. The number of nitrogens with two attached hydrogens (primary N) is 1. The zero-order valence-corrected chi connectivity index (χ0v) is 38.8.